The van der Waals surface area contributed by atoms with Crippen LogP contribution in [0.25, 0.3) is 0 Å². The molecular formula is C38H55F6N13O15. The molecule has 0 saturated heterocycles. The molecule has 0 fully saturated rings. The number of amides is 7. The van der Waals surface area contributed by atoms with Crippen molar-refractivity contribution in [2.75, 3.05) is 6.54 Å². The third-order valence-corrected chi connectivity index (χ3v) is 9.16. The zero-order chi connectivity index (χ0) is 56.2. The Bertz CT molecular complexity index is 2500. The summed E-state index contributed by atoms with van der Waals surface area (Å²) in [5, 5.41) is 28.6. The van der Waals surface area contributed by atoms with Gasteiger partial charge in [-0.05, 0) is 67.3 Å². The second-order valence-corrected chi connectivity index (χ2v) is 15.4. The SMILES string of the molecule is Cc1cn(C[C@H](NC(=O)[C@H](C)N)C(=O)N[C@@H](C)C(=O)N[C@@H](C)C(=O)N[C@@H](Cn2cc(C)c(=O)[nH]c2=O)C(=O)N[C@@H](C)C(=O)N[C@@H](CCCCN)C(N)=O)c(=O)[nH]c1=O.O=C(O)C(F)(F)F.O=C(O)C(F)(F)F. The van der Waals surface area contributed by atoms with E-state index in [0.717, 1.165) is 15.3 Å². The van der Waals surface area contributed by atoms with E-state index in [1.54, 1.807) is 0 Å². The highest BCUT2D eigenvalue weighted by atomic mass is 19.4. The molecule has 404 valence electrons. The Kier molecular flexibility index (Phi) is 25.5. The van der Waals surface area contributed by atoms with Crippen LogP contribution in [-0.4, -0.2) is 144 Å². The first kappa shape index (κ1) is 64.1. The van der Waals surface area contributed by atoms with Gasteiger partial charge in [0.05, 0.1) is 19.1 Å². The topological polar surface area (TPSA) is 454 Å². The van der Waals surface area contributed by atoms with Crippen LogP contribution in [0.2, 0.25) is 0 Å². The zero-order valence-electron chi connectivity index (χ0n) is 39.0. The van der Waals surface area contributed by atoms with Gasteiger partial charge in [-0.1, -0.05) is 0 Å². The molecule has 7 amide bonds. The largest absolute Gasteiger partial charge is 0.490 e. The molecule has 2 rings (SSSR count). The van der Waals surface area contributed by atoms with Gasteiger partial charge in [-0.25, -0.2) is 19.2 Å². The number of aromatic amines is 2. The molecule has 0 spiro atoms. The van der Waals surface area contributed by atoms with E-state index >= 15 is 0 Å². The number of aliphatic carboxylic acids is 2. The van der Waals surface area contributed by atoms with Crippen molar-refractivity contribution in [1.29, 1.82) is 0 Å². The Hall–Kier alpha value is -7.91. The molecular weight excluding hydrogens is 992 g/mol. The number of nitrogens with two attached hydrogens (primary N) is 3. The summed E-state index contributed by atoms with van der Waals surface area (Å²) in [6.07, 6.45) is -6.59. The number of hydrogen-bond acceptors (Lipinski definition) is 15. The van der Waals surface area contributed by atoms with Crippen LogP contribution in [0.1, 0.15) is 58.1 Å². The molecule has 34 heteroatoms. The maximum absolute atomic E-state index is 13.5. The molecule has 2 aromatic rings. The van der Waals surface area contributed by atoms with E-state index in [2.05, 4.69) is 41.9 Å². The first-order valence-electron chi connectivity index (χ1n) is 20.7. The molecule has 0 bridgehead atoms. The minimum atomic E-state index is -5.08. The highest BCUT2D eigenvalue weighted by Gasteiger charge is 2.39. The lowest BCUT2D eigenvalue weighted by Crippen LogP contribution is -2.60. The van der Waals surface area contributed by atoms with Crippen LogP contribution >= 0.6 is 0 Å². The lowest BCUT2D eigenvalue weighted by atomic mass is 10.1. The van der Waals surface area contributed by atoms with E-state index in [1.807, 2.05) is 0 Å². The number of halogens is 6. The summed E-state index contributed by atoms with van der Waals surface area (Å²) in [6.45, 7) is 7.31. The first-order valence-corrected chi connectivity index (χ1v) is 20.7. The van der Waals surface area contributed by atoms with Gasteiger partial charge in [-0.3, -0.25) is 62.3 Å². The standard InChI is InChI=1S/C34H53N13O11.2C2HF3O2/c1-15-11-46(33(57)44-25(15)49)13-22(42-27(51)17(3)36)31(55)39-18(4)28(52)38-19(5)30(54)43-23(14-47-12-16(2)26(50)45-34(47)58)32(56)40-20(6)29(53)41-21(24(37)48)9-7-8-10-35;2*3-2(4,5)1(6)7/h11-12,17-23H,7-10,13-14,35-36H2,1-6H3,(H2,37,48)(H,38,52)(H,39,55)(H,40,56)(H,41,53)(H,42,51)(H,43,54)(H,44,49,57)(H,45,50,58);2*(H,6,7)/t17-,18-,19-,20-,21-,22-,23-;;/m0../s1. The Morgan fingerprint density at radius 1 is 0.569 bits per heavy atom. The highest BCUT2D eigenvalue weighted by molar-refractivity contribution is 5.96. The third-order valence-electron chi connectivity index (χ3n) is 9.16. The lowest BCUT2D eigenvalue weighted by molar-refractivity contribution is -0.193. The number of carbonyl (C=O) groups is 9. The number of aromatic nitrogens is 4. The van der Waals surface area contributed by atoms with Gasteiger partial charge in [-0.15, -0.1) is 0 Å². The van der Waals surface area contributed by atoms with Crippen LogP contribution in [0.5, 0.6) is 0 Å². The van der Waals surface area contributed by atoms with E-state index < -0.39 is 144 Å². The molecule has 2 heterocycles. The summed E-state index contributed by atoms with van der Waals surface area (Å²) in [5.41, 5.74) is 13.6. The predicted octanol–water partition coefficient (Wildman–Crippen LogP) is -5.10. The quantitative estimate of drug-likeness (QED) is 0.0411. The zero-order valence-corrected chi connectivity index (χ0v) is 39.0. The normalized spacial score (nSPS) is 14.0. The van der Waals surface area contributed by atoms with Crippen molar-refractivity contribution in [2.45, 2.75) is 129 Å². The average molecular weight is 1050 g/mol. The molecule has 16 N–H and O–H groups in total. The number of aryl methyl sites for hydroxylation is 2. The van der Waals surface area contributed by atoms with E-state index in [0.29, 0.717) is 19.4 Å². The summed E-state index contributed by atoms with van der Waals surface area (Å²) >= 11 is 0. The van der Waals surface area contributed by atoms with Crippen molar-refractivity contribution in [2.24, 2.45) is 17.2 Å². The Morgan fingerprint density at radius 3 is 1.18 bits per heavy atom. The number of nitrogens with one attached hydrogen (secondary N) is 8. The van der Waals surface area contributed by atoms with Gasteiger partial charge in [-0.2, -0.15) is 26.3 Å². The molecule has 0 aliphatic rings. The van der Waals surface area contributed by atoms with Crippen molar-refractivity contribution in [1.82, 2.24) is 51.0 Å². The van der Waals surface area contributed by atoms with Gasteiger partial charge in [0.1, 0.15) is 36.3 Å². The molecule has 0 saturated carbocycles. The third kappa shape index (κ3) is 22.7. The number of hydrogen-bond donors (Lipinski definition) is 13. The van der Waals surface area contributed by atoms with Crippen molar-refractivity contribution in [3.8, 4) is 0 Å². The van der Waals surface area contributed by atoms with Gasteiger partial charge < -0.3 is 59.3 Å². The minimum Gasteiger partial charge on any atom is -0.475 e. The molecule has 0 aliphatic heterocycles. The summed E-state index contributed by atoms with van der Waals surface area (Å²) in [6, 6.07) is -9.20. The molecule has 72 heavy (non-hydrogen) atoms. The monoisotopic (exact) mass is 1050 g/mol. The Balaban J connectivity index is 0.00000312. The van der Waals surface area contributed by atoms with Gasteiger partial charge in [0.25, 0.3) is 11.1 Å². The number of primary amides is 1. The average Bonchev–Trinajstić information content (AvgIpc) is 3.25. The van der Waals surface area contributed by atoms with Crippen molar-refractivity contribution < 1.29 is 79.7 Å². The molecule has 0 radical (unpaired) electrons. The van der Waals surface area contributed by atoms with Gasteiger partial charge in [0, 0.05) is 23.5 Å². The fourth-order valence-electron chi connectivity index (χ4n) is 5.13. The number of rotatable bonds is 21. The predicted molar refractivity (Wildman–Crippen MR) is 234 cm³/mol. The highest BCUT2D eigenvalue weighted by Crippen LogP contribution is 2.14. The number of unbranched alkanes of at least 4 members (excludes halogenated alkanes) is 1. The second kappa shape index (κ2) is 28.7. The molecule has 7 atom stereocenters. The van der Waals surface area contributed by atoms with Crippen molar-refractivity contribution in [3.05, 3.63) is 65.2 Å². The van der Waals surface area contributed by atoms with Gasteiger partial charge in [0.2, 0.25) is 41.4 Å². The van der Waals surface area contributed by atoms with Crippen LogP contribution in [0.15, 0.2) is 31.6 Å². The maximum Gasteiger partial charge on any atom is 0.490 e. The summed E-state index contributed by atoms with van der Waals surface area (Å²) in [7, 11) is 0. The number of alkyl halides is 6. The van der Waals surface area contributed by atoms with Crippen LogP contribution < -0.4 is 71.6 Å². The van der Waals surface area contributed by atoms with Crippen LogP contribution in [0.4, 0.5) is 26.3 Å². The Morgan fingerprint density at radius 2 is 0.875 bits per heavy atom. The molecule has 2 aromatic heterocycles. The number of carbonyl (C=O) groups excluding carboxylic acids is 7. The maximum atomic E-state index is 13.5. The van der Waals surface area contributed by atoms with E-state index in [4.69, 9.17) is 37.0 Å². The molecule has 0 aromatic carbocycles. The number of carboxylic acid groups (broad SMARTS) is 2. The van der Waals surface area contributed by atoms with Gasteiger partial charge >= 0.3 is 35.7 Å². The minimum absolute atomic E-state index is 0.0989. The lowest BCUT2D eigenvalue weighted by Gasteiger charge is -2.25. The Labute approximate surface area is 401 Å². The van der Waals surface area contributed by atoms with Crippen LogP contribution in [-0.2, 0) is 56.2 Å². The second-order valence-electron chi connectivity index (χ2n) is 15.4. The number of nitrogens with zero attached hydrogens (tertiary/aromatic N) is 2. The summed E-state index contributed by atoms with van der Waals surface area (Å²) < 4.78 is 65.4. The van der Waals surface area contributed by atoms with Crippen molar-refractivity contribution >= 4 is 53.3 Å². The van der Waals surface area contributed by atoms with E-state index in [-0.39, 0.29) is 17.5 Å². The fourth-order valence-corrected chi connectivity index (χ4v) is 5.13. The molecule has 28 nitrogen and oxygen atoms in total. The number of carboxylic acids is 2. The number of H-pyrrole nitrogens is 2. The summed E-state index contributed by atoms with van der Waals surface area (Å²) in [5.74, 6) is -11.6. The van der Waals surface area contributed by atoms with Crippen molar-refractivity contribution in [3.63, 3.8) is 0 Å². The smallest absolute Gasteiger partial charge is 0.475 e. The van der Waals surface area contributed by atoms with E-state index in [9.17, 15) is 79.1 Å². The first-order chi connectivity index (χ1) is 32.9. The van der Waals surface area contributed by atoms with Gasteiger partial charge in [0.15, 0.2) is 0 Å². The molecule has 0 aliphatic carbocycles. The van der Waals surface area contributed by atoms with Crippen LogP contribution in [0, 0.1) is 13.8 Å². The van der Waals surface area contributed by atoms with Crippen LogP contribution in [0.3, 0.4) is 0 Å². The molecule has 0 unspecified atom stereocenters. The van der Waals surface area contributed by atoms with E-state index in [1.165, 1.54) is 47.7 Å². The fraction of sp³-hybridized carbons (Fsp3) is 0.553. The summed E-state index contributed by atoms with van der Waals surface area (Å²) in [4.78, 5) is 161.